The Bertz CT molecular complexity index is 467. The van der Waals surface area contributed by atoms with E-state index in [1.54, 1.807) is 15.8 Å². The molecule has 1 aromatic rings. The van der Waals surface area contributed by atoms with Crippen molar-refractivity contribution in [3.63, 3.8) is 0 Å². The maximum absolute atomic E-state index is 12.5. The molecule has 0 aliphatic carbocycles. The van der Waals surface area contributed by atoms with Gasteiger partial charge in [0.2, 0.25) is 0 Å². The number of aromatic nitrogens is 2. The Morgan fingerprint density at radius 2 is 2.21 bits per heavy atom. The number of aryl methyl sites for hydroxylation is 2. The number of carbonyl (C=O) groups is 1. The van der Waals surface area contributed by atoms with Crippen molar-refractivity contribution in [2.75, 3.05) is 13.1 Å². The summed E-state index contributed by atoms with van der Waals surface area (Å²) in [4.78, 5) is 14.7. The molecule has 106 valence electrons. The Labute approximate surface area is 119 Å². The SMILES string of the molecule is Cc1nn(C)cc1C(=O)N(CCC(N)=S)CC(C)C. The lowest BCUT2D eigenvalue weighted by atomic mass is 10.1. The van der Waals surface area contributed by atoms with E-state index in [9.17, 15) is 4.79 Å². The van der Waals surface area contributed by atoms with Crippen molar-refractivity contribution in [2.24, 2.45) is 18.7 Å². The van der Waals surface area contributed by atoms with Gasteiger partial charge in [0.1, 0.15) is 0 Å². The van der Waals surface area contributed by atoms with Gasteiger partial charge in [0.05, 0.1) is 16.2 Å². The van der Waals surface area contributed by atoms with Gasteiger partial charge in [-0.25, -0.2) is 0 Å². The van der Waals surface area contributed by atoms with Crippen molar-refractivity contribution < 1.29 is 4.79 Å². The van der Waals surface area contributed by atoms with Gasteiger partial charge in [0.15, 0.2) is 0 Å². The molecule has 0 saturated carbocycles. The molecule has 5 nitrogen and oxygen atoms in total. The molecule has 0 unspecified atom stereocenters. The fraction of sp³-hybridized carbons (Fsp3) is 0.615. The third-order valence-corrected chi connectivity index (χ3v) is 2.95. The van der Waals surface area contributed by atoms with Gasteiger partial charge in [0.25, 0.3) is 5.91 Å². The molecule has 0 aliphatic rings. The largest absolute Gasteiger partial charge is 0.393 e. The van der Waals surface area contributed by atoms with E-state index in [0.29, 0.717) is 36.0 Å². The summed E-state index contributed by atoms with van der Waals surface area (Å²) in [6, 6.07) is 0. The summed E-state index contributed by atoms with van der Waals surface area (Å²) in [5.41, 5.74) is 6.91. The van der Waals surface area contributed by atoms with Crippen LogP contribution >= 0.6 is 12.2 Å². The maximum Gasteiger partial charge on any atom is 0.257 e. The zero-order valence-corrected chi connectivity index (χ0v) is 12.8. The highest BCUT2D eigenvalue weighted by Crippen LogP contribution is 2.11. The second-order valence-electron chi connectivity index (χ2n) is 5.16. The van der Waals surface area contributed by atoms with E-state index in [1.165, 1.54) is 0 Å². The third kappa shape index (κ3) is 4.63. The Hall–Kier alpha value is -1.43. The Morgan fingerprint density at radius 3 is 2.63 bits per heavy atom. The quantitative estimate of drug-likeness (QED) is 0.803. The highest BCUT2D eigenvalue weighted by Gasteiger charge is 2.20. The first-order valence-electron chi connectivity index (χ1n) is 6.39. The van der Waals surface area contributed by atoms with Gasteiger partial charge in [-0.1, -0.05) is 26.1 Å². The molecule has 0 aliphatic heterocycles. The topological polar surface area (TPSA) is 64.2 Å². The minimum absolute atomic E-state index is 0.00412. The molecule has 1 aromatic heterocycles. The average Bonchev–Trinajstić information content (AvgIpc) is 2.62. The monoisotopic (exact) mass is 282 g/mol. The number of hydrogen-bond acceptors (Lipinski definition) is 3. The highest BCUT2D eigenvalue weighted by molar-refractivity contribution is 7.80. The second-order valence-corrected chi connectivity index (χ2v) is 5.69. The number of carbonyl (C=O) groups excluding carboxylic acids is 1. The molecule has 1 rings (SSSR count). The molecule has 0 bridgehead atoms. The number of hydrogen-bond donors (Lipinski definition) is 1. The summed E-state index contributed by atoms with van der Waals surface area (Å²) in [6.07, 6.45) is 2.30. The maximum atomic E-state index is 12.5. The molecule has 0 aromatic carbocycles. The van der Waals surface area contributed by atoms with E-state index in [1.807, 2.05) is 14.0 Å². The molecule has 2 N–H and O–H groups in total. The van der Waals surface area contributed by atoms with Crippen LogP contribution in [0, 0.1) is 12.8 Å². The molecule has 0 fully saturated rings. The van der Waals surface area contributed by atoms with Crippen molar-refractivity contribution >= 4 is 23.1 Å². The standard InChI is InChI=1S/C13H22N4OS/c1-9(2)7-17(6-5-12(14)19)13(18)11-8-16(4)15-10(11)3/h8-9H,5-7H2,1-4H3,(H2,14,19). The van der Waals surface area contributed by atoms with Crippen molar-refractivity contribution in [1.29, 1.82) is 0 Å². The highest BCUT2D eigenvalue weighted by atomic mass is 32.1. The number of nitrogens with two attached hydrogens (primary N) is 1. The van der Waals surface area contributed by atoms with Crippen LogP contribution in [-0.2, 0) is 7.05 Å². The van der Waals surface area contributed by atoms with E-state index < -0.39 is 0 Å². The average molecular weight is 282 g/mol. The number of rotatable bonds is 6. The predicted octanol–water partition coefficient (Wildman–Crippen LogP) is 1.50. The van der Waals surface area contributed by atoms with E-state index in [2.05, 4.69) is 18.9 Å². The summed E-state index contributed by atoms with van der Waals surface area (Å²) in [7, 11) is 1.81. The molecular weight excluding hydrogens is 260 g/mol. The van der Waals surface area contributed by atoms with Crippen LogP contribution in [0.3, 0.4) is 0 Å². The Balaban J connectivity index is 2.86. The minimum Gasteiger partial charge on any atom is -0.393 e. The summed E-state index contributed by atoms with van der Waals surface area (Å²) >= 11 is 4.88. The second kappa shape index (κ2) is 6.65. The van der Waals surface area contributed by atoms with Crippen molar-refractivity contribution in [1.82, 2.24) is 14.7 Å². The van der Waals surface area contributed by atoms with Gasteiger partial charge in [-0.05, 0) is 12.8 Å². The molecular formula is C13H22N4OS. The molecule has 0 spiro atoms. The zero-order valence-electron chi connectivity index (χ0n) is 12.0. The first-order valence-corrected chi connectivity index (χ1v) is 6.80. The minimum atomic E-state index is -0.00412. The number of nitrogens with zero attached hydrogens (tertiary/aromatic N) is 3. The summed E-state index contributed by atoms with van der Waals surface area (Å²) in [5.74, 6) is 0.392. The van der Waals surface area contributed by atoms with E-state index in [4.69, 9.17) is 18.0 Å². The van der Waals surface area contributed by atoms with Crippen molar-refractivity contribution in [3.8, 4) is 0 Å². The van der Waals surface area contributed by atoms with E-state index in [-0.39, 0.29) is 5.91 Å². The summed E-state index contributed by atoms with van der Waals surface area (Å²) in [5, 5.41) is 4.21. The van der Waals surface area contributed by atoms with Gasteiger partial charge in [-0.15, -0.1) is 0 Å². The first kappa shape index (κ1) is 15.6. The van der Waals surface area contributed by atoms with Crippen LogP contribution < -0.4 is 5.73 Å². The van der Waals surface area contributed by atoms with Gasteiger partial charge < -0.3 is 10.6 Å². The van der Waals surface area contributed by atoms with E-state index in [0.717, 1.165) is 5.69 Å². The van der Waals surface area contributed by atoms with Gasteiger partial charge in [-0.3, -0.25) is 9.48 Å². The van der Waals surface area contributed by atoms with Crippen LogP contribution in [0.25, 0.3) is 0 Å². The normalized spacial score (nSPS) is 10.8. The van der Waals surface area contributed by atoms with Crippen LogP contribution in [0.15, 0.2) is 6.20 Å². The van der Waals surface area contributed by atoms with Crippen LogP contribution in [0.4, 0.5) is 0 Å². The fourth-order valence-electron chi connectivity index (χ4n) is 1.94. The summed E-state index contributed by atoms with van der Waals surface area (Å²) < 4.78 is 1.66. The molecule has 0 radical (unpaired) electrons. The predicted molar refractivity (Wildman–Crippen MR) is 80.1 cm³/mol. The van der Waals surface area contributed by atoms with Crippen molar-refractivity contribution in [3.05, 3.63) is 17.5 Å². The molecule has 0 saturated heterocycles. The zero-order chi connectivity index (χ0) is 14.6. The Kier molecular flexibility index (Phi) is 5.47. The third-order valence-electron chi connectivity index (χ3n) is 2.74. The van der Waals surface area contributed by atoms with Gasteiger partial charge in [-0.2, -0.15) is 5.10 Å². The lowest BCUT2D eigenvalue weighted by molar-refractivity contribution is 0.0740. The fourth-order valence-corrected chi connectivity index (χ4v) is 2.03. The molecule has 6 heteroatoms. The number of amides is 1. The first-order chi connectivity index (χ1) is 8.81. The lowest BCUT2D eigenvalue weighted by Gasteiger charge is -2.24. The van der Waals surface area contributed by atoms with Gasteiger partial charge >= 0.3 is 0 Å². The Morgan fingerprint density at radius 1 is 1.58 bits per heavy atom. The molecule has 1 heterocycles. The molecule has 1 amide bonds. The van der Waals surface area contributed by atoms with Crippen LogP contribution in [0.5, 0.6) is 0 Å². The number of thiocarbonyl (C=S) groups is 1. The summed E-state index contributed by atoms with van der Waals surface area (Å²) in [6.45, 7) is 7.25. The smallest absolute Gasteiger partial charge is 0.257 e. The van der Waals surface area contributed by atoms with Crippen molar-refractivity contribution in [2.45, 2.75) is 27.2 Å². The molecule has 0 atom stereocenters. The lowest BCUT2D eigenvalue weighted by Crippen LogP contribution is -2.36. The van der Waals surface area contributed by atoms with Gasteiger partial charge in [0, 0.05) is 32.8 Å². The molecule has 19 heavy (non-hydrogen) atoms. The van der Waals surface area contributed by atoms with E-state index >= 15 is 0 Å². The van der Waals surface area contributed by atoms with Crippen LogP contribution in [0.1, 0.15) is 36.3 Å². The van der Waals surface area contributed by atoms with Crippen LogP contribution in [0.2, 0.25) is 0 Å². The van der Waals surface area contributed by atoms with Crippen LogP contribution in [-0.4, -0.2) is 38.7 Å².